The number of hydrogen-bond acceptors (Lipinski definition) is 3. The van der Waals surface area contributed by atoms with E-state index in [0.29, 0.717) is 0 Å². The van der Waals surface area contributed by atoms with Crippen LogP contribution in [0.4, 0.5) is 0 Å². The van der Waals surface area contributed by atoms with Gasteiger partial charge in [-0.25, -0.2) is 0 Å². The zero-order chi connectivity index (χ0) is 20.6. The van der Waals surface area contributed by atoms with Gasteiger partial charge in [0.1, 0.15) is 5.75 Å². The quantitative estimate of drug-likeness (QED) is 0.591. The number of benzene rings is 3. The molecule has 0 saturated carbocycles. The Morgan fingerprint density at radius 2 is 1.31 bits per heavy atom. The lowest BCUT2D eigenvalue weighted by molar-refractivity contribution is -0.123. The molecule has 29 heavy (non-hydrogen) atoms. The number of rotatable bonds is 8. The first-order chi connectivity index (χ1) is 14.1. The van der Waals surface area contributed by atoms with Crippen LogP contribution in [0.15, 0.2) is 84.9 Å². The number of carbonyl (C=O) groups is 1. The van der Waals surface area contributed by atoms with Crippen LogP contribution in [0, 0.1) is 0 Å². The number of nitrogens with one attached hydrogen (secondary N) is 2. The maximum absolute atomic E-state index is 13.0. The molecular formula is C25H28N2O2. The van der Waals surface area contributed by atoms with Crippen molar-refractivity contribution >= 4 is 5.91 Å². The third kappa shape index (κ3) is 5.24. The van der Waals surface area contributed by atoms with Gasteiger partial charge in [-0.15, -0.1) is 0 Å². The van der Waals surface area contributed by atoms with E-state index >= 15 is 0 Å². The average Bonchev–Trinajstić information content (AvgIpc) is 2.78. The molecule has 2 atom stereocenters. The fourth-order valence-electron chi connectivity index (χ4n) is 3.48. The van der Waals surface area contributed by atoms with Gasteiger partial charge in [0.2, 0.25) is 5.91 Å². The van der Waals surface area contributed by atoms with E-state index in [-0.39, 0.29) is 24.0 Å². The van der Waals surface area contributed by atoms with E-state index < -0.39 is 0 Å². The number of para-hydroxylation sites is 1. The summed E-state index contributed by atoms with van der Waals surface area (Å²) in [4.78, 5) is 13.0. The Labute approximate surface area is 172 Å². The summed E-state index contributed by atoms with van der Waals surface area (Å²) in [5, 5.41) is 6.59. The monoisotopic (exact) mass is 388 g/mol. The number of carbonyl (C=O) groups excluding carboxylic acids is 1. The number of amides is 1. The van der Waals surface area contributed by atoms with Crippen molar-refractivity contribution in [1.82, 2.24) is 10.6 Å². The van der Waals surface area contributed by atoms with Gasteiger partial charge >= 0.3 is 0 Å². The fourth-order valence-corrected chi connectivity index (χ4v) is 3.48. The summed E-state index contributed by atoms with van der Waals surface area (Å²) in [5.74, 6) is 0.760. The van der Waals surface area contributed by atoms with Crippen molar-refractivity contribution in [3.8, 4) is 5.75 Å². The predicted molar refractivity (Wildman–Crippen MR) is 117 cm³/mol. The predicted octanol–water partition coefficient (Wildman–Crippen LogP) is 4.64. The van der Waals surface area contributed by atoms with Gasteiger partial charge in [0.25, 0.3) is 0 Å². The zero-order valence-electron chi connectivity index (χ0n) is 17.1. The third-order valence-electron chi connectivity index (χ3n) is 5.05. The molecule has 150 valence electrons. The molecule has 3 rings (SSSR count). The summed E-state index contributed by atoms with van der Waals surface area (Å²) in [7, 11) is 1.66. The molecule has 0 aliphatic heterocycles. The summed E-state index contributed by atoms with van der Waals surface area (Å²) < 4.78 is 5.45. The maximum atomic E-state index is 13.0. The van der Waals surface area contributed by atoms with Crippen LogP contribution in [0.1, 0.15) is 42.6 Å². The molecule has 0 heterocycles. The van der Waals surface area contributed by atoms with Crippen LogP contribution in [0.2, 0.25) is 0 Å². The van der Waals surface area contributed by atoms with E-state index in [2.05, 4.69) is 10.6 Å². The molecule has 0 spiro atoms. The molecule has 4 heteroatoms. The minimum absolute atomic E-state index is 0.0289. The highest BCUT2D eigenvalue weighted by Crippen LogP contribution is 2.25. The Bertz CT molecular complexity index is 873. The van der Waals surface area contributed by atoms with Crippen LogP contribution in [0.25, 0.3) is 0 Å². The van der Waals surface area contributed by atoms with Crippen LogP contribution in [0.3, 0.4) is 0 Å². The molecule has 3 aromatic carbocycles. The summed E-state index contributed by atoms with van der Waals surface area (Å²) in [6.07, 6.45) is 0. The normalized spacial score (nSPS) is 13.0. The van der Waals surface area contributed by atoms with Crippen LogP contribution >= 0.6 is 0 Å². The molecule has 3 aromatic rings. The number of hydrogen-bond donors (Lipinski definition) is 2. The standard InChI is InChI=1S/C25H28N2O2/c1-18(22-16-10-11-17-23(22)29-3)26-19(2)25(28)27-24(20-12-6-4-7-13-20)21-14-8-5-9-15-21/h4-19,24,26H,1-3H3,(H,27,28)/t18-,19+/m1/s1. The molecule has 2 N–H and O–H groups in total. The van der Waals surface area contributed by atoms with Crippen molar-refractivity contribution in [2.24, 2.45) is 0 Å². The van der Waals surface area contributed by atoms with E-state index in [1.54, 1.807) is 7.11 Å². The molecular weight excluding hydrogens is 360 g/mol. The van der Waals surface area contributed by atoms with Gasteiger partial charge < -0.3 is 10.1 Å². The van der Waals surface area contributed by atoms with Gasteiger partial charge in [-0.3, -0.25) is 10.1 Å². The van der Waals surface area contributed by atoms with Crippen molar-refractivity contribution in [1.29, 1.82) is 0 Å². The van der Waals surface area contributed by atoms with Gasteiger partial charge in [-0.05, 0) is 31.0 Å². The first-order valence-corrected chi connectivity index (χ1v) is 9.89. The largest absolute Gasteiger partial charge is 0.496 e. The molecule has 0 fully saturated rings. The van der Waals surface area contributed by atoms with Crippen LogP contribution in [0.5, 0.6) is 5.75 Å². The highest BCUT2D eigenvalue weighted by Gasteiger charge is 2.22. The van der Waals surface area contributed by atoms with Crippen molar-refractivity contribution in [2.75, 3.05) is 7.11 Å². The summed E-state index contributed by atoms with van der Waals surface area (Å²) in [6, 6.07) is 27.3. The molecule has 0 aromatic heterocycles. The second-order valence-corrected chi connectivity index (χ2v) is 7.11. The number of ether oxygens (including phenoxy) is 1. The number of methoxy groups -OCH3 is 1. The Morgan fingerprint density at radius 3 is 1.86 bits per heavy atom. The van der Waals surface area contributed by atoms with E-state index in [9.17, 15) is 4.79 Å². The lowest BCUT2D eigenvalue weighted by Crippen LogP contribution is -2.44. The third-order valence-corrected chi connectivity index (χ3v) is 5.05. The van der Waals surface area contributed by atoms with Crippen LogP contribution in [-0.4, -0.2) is 19.1 Å². The molecule has 0 aliphatic carbocycles. The molecule has 0 aliphatic rings. The van der Waals surface area contributed by atoms with E-state index in [4.69, 9.17) is 4.74 Å². The van der Waals surface area contributed by atoms with Crippen molar-refractivity contribution in [2.45, 2.75) is 32.0 Å². The topological polar surface area (TPSA) is 50.4 Å². The first kappa shape index (κ1) is 20.6. The molecule has 4 nitrogen and oxygen atoms in total. The minimum Gasteiger partial charge on any atom is -0.496 e. The van der Waals surface area contributed by atoms with Gasteiger partial charge in [0, 0.05) is 11.6 Å². The minimum atomic E-state index is -0.371. The smallest absolute Gasteiger partial charge is 0.237 e. The van der Waals surface area contributed by atoms with Gasteiger partial charge in [0.05, 0.1) is 19.2 Å². The van der Waals surface area contributed by atoms with Crippen molar-refractivity contribution in [3.63, 3.8) is 0 Å². The Balaban J connectivity index is 1.74. The molecule has 0 unspecified atom stereocenters. The van der Waals surface area contributed by atoms with E-state index in [1.165, 1.54) is 0 Å². The lowest BCUT2D eigenvalue weighted by Gasteiger charge is -2.25. The Morgan fingerprint density at radius 1 is 0.793 bits per heavy atom. The summed E-state index contributed by atoms with van der Waals surface area (Å²) in [6.45, 7) is 3.92. The highest BCUT2D eigenvalue weighted by molar-refractivity contribution is 5.82. The molecule has 0 saturated heterocycles. The van der Waals surface area contributed by atoms with Crippen LogP contribution < -0.4 is 15.4 Å². The summed E-state index contributed by atoms with van der Waals surface area (Å²) in [5.41, 5.74) is 3.13. The van der Waals surface area contributed by atoms with Gasteiger partial charge in [-0.2, -0.15) is 0 Å². The van der Waals surface area contributed by atoms with Gasteiger partial charge in [-0.1, -0.05) is 78.9 Å². The highest BCUT2D eigenvalue weighted by atomic mass is 16.5. The van der Waals surface area contributed by atoms with E-state index in [0.717, 1.165) is 22.4 Å². The Kier molecular flexibility index (Phi) is 7.04. The lowest BCUT2D eigenvalue weighted by atomic mass is 9.98. The van der Waals surface area contributed by atoms with Gasteiger partial charge in [0.15, 0.2) is 0 Å². The molecule has 1 amide bonds. The fraction of sp³-hybridized carbons (Fsp3) is 0.240. The zero-order valence-corrected chi connectivity index (χ0v) is 17.1. The van der Waals surface area contributed by atoms with E-state index in [1.807, 2.05) is 98.8 Å². The SMILES string of the molecule is COc1ccccc1[C@@H](C)N[C@@H](C)C(=O)NC(c1ccccc1)c1ccccc1. The molecule has 0 radical (unpaired) electrons. The molecule has 0 bridgehead atoms. The second kappa shape index (κ2) is 9.89. The average molecular weight is 389 g/mol. The first-order valence-electron chi connectivity index (χ1n) is 9.89. The Hall–Kier alpha value is -3.11. The maximum Gasteiger partial charge on any atom is 0.237 e. The summed E-state index contributed by atoms with van der Waals surface area (Å²) >= 11 is 0. The second-order valence-electron chi connectivity index (χ2n) is 7.11. The van der Waals surface area contributed by atoms with Crippen LogP contribution in [-0.2, 0) is 4.79 Å². The van der Waals surface area contributed by atoms with Crippen molar-refractivity contribution in [3.05, 3.63) is 102 Å². The van der Waals surface area contributed by atoms with Crippen molar-refractivity contribution < 1.29 is 9.53 Å².